The maximum Gasteiger partial charge on any atom is 0.247 e. The Labute approximate surface area is 120 Å². The molecule has 0 unspecified atom stereocenters. The van der Waals surface area contributed by atoms with E-state index in [1.54, 1.807) is 4.90 Å². The van der Waals surface area contributed by atoms with Gasteiger partial charge in [-0.25, -0.2) is 4.39 Å². The van der Waals surface area contributed by atoms with Crippen molar-refractivity contribution in [2.45, 2.75) is 12.1 Å². The van der Waals surface area contributed by atoms with Gasteiger partial charge in [-0.1, -0.05) is 17.7 Å². The highest BCUT2D eigenvalue weighted by atomic mass is 35.5. The van der Waals surface area contributed by atoms with Crippen molar-refractivity contribution in [2.75, 3.05) is 19.7 Å². The Bertz CT molecular complexity index is 541. The molecule has 1 saturated heterocycles. The fraction of sp³-hybridized carbons (Fsp3) is 0.385. The van der Waals surface area contributed by atoms with Crippen LogP contribution in [0.1, 0.15) is 11.6 Å². The van der Waals surface area contributed by atoms with Crippen molar-refractivity contribution in [1.29, 1.82) is 5.26 Å². The molecule has 2 N–H and O–H groups in total. The van der Waals surface area contributed by atoms with E-state index in [9.17, 15) is 14.4 Å². The molecule has 1 aliphatic rings. The lowest BCUT2D eigenvalue weighted by Crippen LogP contribution is -2.49. The Morgan fingerprint density at radius 2 is 2.40 bits per heavy atom. The normalized spacial score (nSPS) is 21.1. The summed E-state index contributed by atoms with van der Waals surface area (Å²) in [6, 6.07) is 5.39. The number of rotatable bonds is 3. The van der Waals surface area contributed by atoms with Gasteiger partial charge in [0.25, 0.3) is 0 Å². The molecule has 7 heteroatoms. The Balaban J connectivity index is 2.29. The molecular formula is C13H13ClFN3O2. The monoisotopic (exact) mass is 297 g/mol. The summed E-state index contributed by atoms with van der Waals surface area (Å²) in [7, 11) is 0. The second-order valence-electron chi connectivity index (χ2n) is 4.42. The molecule has 1 aliphatic heterocycles. The number of hydrogen-bond donors (Lipinski definition) is 1. The second-order valence-corrected chi connectivity index (χ2v) is 4.83. The lowest BCUT2D eigenvalue weighted by atomic mass is 10.0. The summed E-state index contributed by atoms with van der Waals surface area (Å²) in [5.74, 6) is -1.16. The molecular weight excluding hydrogens is 285 g/mol. The number of ether oxygens (including phenoxy) is 1. The number of amides is 1. The number of nitrogens with zero attached hydrogens (tertiary/aromatic N) is 2. The molecule has 106 valence electrons. The fourth-order valence-electron chi connectivity index (χ4n) is 2.18. The summed E-state index contributed by atoms with van der Waals surface area (Å²) < 4.78 is 19.1. The molecule has 0 aromatic heterocycles. The summed E-state index contributed by atoms with van der Waals surface area (Å²) >= 11 is 5.98. The summed E-state index contributed by atoms with van der Waals surface area (Å²) in [6.45, 7) is 0.781. The topological polar surface area (TPSA) is 79.3 Å². The number of hydrogen-bond acceptors (Lipinski definition) is 4. The molecule has 1 fully saturated rings. The number of nitriles is 1. The van der Waals surface area contributed by atoms with Crippen LogP contribution in [0.5, 0.6) is 0 Å². The number of halogens is 2. The van der Waals surface area contributed by atoms with Gasteiger partial charge in [0.1, 0.15) is 18.0 Å². The summed E-state index contributed by atoms with van der Waals surface area (Å²) in [5.41, 5.74) is 5.31. The van der Waals surface area contributed by atoms with E-state index >= 15 is 0 Å². The van der Waals surface area contributed by atoms with Crippen LogP contribution >= 0.6 is 11.6 Å². The van der Waals surface area contributed by atoms with Gasteiger partial charge in [0.2, 0.25) is 5.91 Å². The van der Waals surface area contributed by atoms with Gasteiger partial charge in [0.15, 0.2) is 0 Å². The standard InChI is InChI=1S/C13H13ClFN3O2/c14-8-2-1-3-9(15)12(8)10(6-16)18-4-5-20-11(7-18)13(17)19/h1-3,10-11H,4-5,7H2,(H2,17,19)/t10-,11+/m0/s1. The highest BCUT2D eigenvalue weighted by Gasteiger charge is 2.32. The zero-order chi connectivity index (χ0) is 14.7. The van der Waals surface area contributed by atoms with Gasteiger partial charge < -0.3 is 10.5 Å². The number of benzene rings is 1. The molecule has 2 atom stereocenters. The highest BCUT2D eigenvalue weighted by molar-refractivity contribution is 6.31. The predicted octanol–water partition coefficient (Wildman–Crippen LogP) is 1.23. The van der Waals surface area contributed by atoms with E-state index in [0.29, 0.717) is 6.54 Å². The summed E-state index contributed by atoms with van der Waals surface area (Å²) in [6.07, 6.45) is -0.801. The smallest absolute Gasteiger partial charge is 0.247 e. The first kappa shape index (κ1) is 14.7. The molecule has 2 rings (SSSR count). The van der Waals surface area contributed by atoms with Crippen LogP contribution in [0.25, 0.3) is 0 Å². The van der Waals surface area contributed by atoms with Gasteiger partial charge in [0.05, 0.1) is 12.7 Å². The first-order chi connectivity index (χ1) is 9.54. The van der Waals surface area contributed by atoms with Gasteiger partial charge in [0, 0.05) is 23.7 Å². The van der Waals surface area contributed by atoms with Crippen LogP contribution in [0, 0.1) is 17.1 Å². The quantitative estimate of drug-likeness (QED) is 0.910. The molecule has 1 aromatic rings. The molecule has 20 heavy (non-hydrogen) atoms. The number of carbonyl (C=O) groups excluding carboxylic acids is 1. The zero-order valence-corrected chi connectivity index (χ0v) is 11.3. The molecule has 0 bridgehead atoms. The van der Waals surface area contributed by atoms with Crippen LogP contribution in [-0.4, -0.2) is 36.6 Å². The minimum absolute atomic E-state index is 0.113. The second kappa shape index (κ2) is 6.18. The van der Waals surface area contributed by atoms with Crippen molar-refractivity contribution >= 4 is 17.5 Å². The first-order valence-electron chi connectivity index (χ1n) is 6.03. The molecule has 0 radical (unpaired) electrons. The highest BCUT2D eigenvalue weighted by Crippen LogP contribution is 2.30. The minimum Gasteiger partial charge on any atom is -0.367 e. The van der Waals surface area contributed by atoms with Gasteiger partial charge in [-0.2, -0.15) is 5.26 Å². The van der Waals surface area contributed by atoms with E-state index in [4.69, 9.17) is 22.1 Å². The zero-order valence-electron chi connectivity index (χ0n) is 10.6. The van der Waals surface area contributed by atoms with E-state index in [1.807, 2.05) is 6.07 Å². The van der Waals surface area contributed by atoms with Crippen molar-refractivity contribution in [1.82, 2.24) is 4.90 Å². The van der Waals surface area contributed by atoms with Crippen molar-refractivity contribution in [3.8, 4) is 6.07 Å². The third kappa shape index (κ3) is 2.90. The number of morpholine rings is 1. The third-order valence-corrected chi connectivity index (χ3v) is 3.51. The van der Waals surface area contributed by atoms with Crippen LogP contribution in [0.3, 0.4) is 0 Å². The Morgan fingerprint density at radius 1 is 1.65 bits per heavy atom. The Hall–Kier alpha value is -1.68. The van der Waals surface area contributed by atoms with Crippen LogP contribution in [0.15, 0.2) is 18.2 Å². The largest absolute Gasteiger partial charge is 0.367 e. The van der Waals surface area contributed by atoms with Gasteiger partial charge >= 0.3 is 0 Å². The Morgan fingerprint density at radius 3 is 3.00 bits per heavy atom. The molecule has 1 heterocycles. The van der Waals surface area contributed by atoms with Crippen LogP contribution in [-0.2, 0) is 9.53 Å². The molecule has 1 amide bonds. The van der Waals surface area contributed by atoms with E-state index in [-0.39, 0.29) is 23.7 Å². The Kier molecular flexibility index (Phi) is 4.55. The number of carbonyl (C=O) groups is 1. The maximum atomic E-state index is 13.9. The number of nitrogens with two attached hydrogens (primary N) is 1. The van der Waals surface area contributed by atoms with E-state index in [2.05, 4.69) is 0 Å². The van der Waals surface area contributed by atoms with Crippen LogP contribution in [0.4, 0.5) is 4.39 Å². The molecule has 0 spiro atoms. The fourth-order valence-corrected chi connectivity index (χ4v) is 2.44. The average molecular weight is 298 g/mol. The van der Waals surface area contributed by atoms with Crippen molar-refractivity contribution in [2.24, 2.45) is 5.73 Å². The molecule has 0 aliphatic carbocycles. The van der Waals surface area contributed by atoms with Crippen LogP contribution in [0.2, 0.25) is 5.02 Å². The number of primary amides is 1. The minimum atomic E-state index is -0.880. The van der Waals surface area contributed by atoms with Crippen molar-refractivity contribution in [3.63, 3.8) is 0 Å². The predicted molar refractivity (Wildman–Crippen MR) is 70.3 cm³/mol. The van der Waals surface area contributed by atoms with Crippen molar-refractivity contribution in [3.05, 3.63) is 34.6 Å². The SMILES string of the molecule is N#C[C@@H](c1c(F)cccc1Cl)N1CCO[C@@H](C(N)=O)C1. The average Bonchev–Trinajstić information content (AvgIpc) is 2.43. The summed E-state index contributed by atoms with van der Waals surface area (Å²) in [4.78, 5) is 12.8. The van der Waals surface area contributed by atoms with E-state index in [1.165, 1.54) is 18.2 Å². The molecule has 5 nitrogen and oxygen atoms in total. The maximum absolute atomic E-state index is 13.9. The first-order valence-corrected chi connectivity index (χ1v) is 6.41. The summed E-state index contributed by atoms with van der Waals surface area (Å²) in [5, 5.41) is 9.51. The van der Waals surface area contributed by atoms with E-state index < -0.39 is 23.9 Å². The molecule has 1 aromatic carbocycles. The van der Waals surface area contributed by atoms with Crippen molar-refractivity contribution < 1.29 is 13.9 Å². The van der Waals surface area contributed by atoms with Gasteiger partial charge in [-0.3, -0.25) is 9.69 Å². The molecule has 0 saturated carbocycles. The van der Waals surface area contributed by atoms with Crippen LogP contribution < -0.4 is 5.73 Å². The van der Waals surface area contributed by atoms with E-state index in [0.717, 1.165) is 0 Å². The van der Waals surface area contributed by atoms with Gasteiger partial charge in [-0.15, -0.1) is 0 Å². The van der Waals surface area contributed by atoms with Gasteiger partial charge in [-0.05, 0) is 12.1 Å². The lowest BCUT2D eigenvalue weighted by molar-refractivity contribution is -0.135. The lowest BCUT2D eigenvalue weighted by Gasteiger charge is -2.34. The third-order valence-electron chi connectivity index (χ3n) is 3.18.